The molecule has 0 radical (unpaired) electrons. The number of carbonyl (C=O) groups is 1. The van der Waals surface area contributed by atoms with E-state index in [1.165, 1.54) is 0 Å². The molecule has 100 valence electrons. The minimum Gasteiger partial charge on any atom is -0.491 e. The van der Waals surface area contributed by atoms with Gasteiger partial charge in [-0.15, -0.1) is 0 Å². The maximum absolute atomic E-state index is 11.7. The van der Waals surface area contributed by atoms with Gasteiger partial charge < -0.3 is 15.2 Å². The number of carbonyl (C=O) groups excluding carboxylic acids is 1. The summed E-state index contributed by atoms with van der Waals surface area (Å²) in [6, 6.07) is 4.97. The van der Waals surface area contributed by atoms with E-state index < -0.39 is 0 Å². The van der Waals surface area contributed by atoms with Gasteiger partial charge >= 0.3 is 5.97 Å². The summed E-state index contributed by atoms with van der Waals surface area (Å²) < 4.78 is 10.6. The molecule has 0 unspecified atom stereocenters. The van der Waals surface area contributed by atoms with Crippen molar-refractivity contribution in [2.24, 2.45) is 0 Å². The Morgan fingerprint density at radius 1 is 1.39 bits per heavy atom. The van der Waals surface area contributed by atoms with Gasteiger partial charge in [-0.3, -0.25) is 0 Å². The van der Waals surface area contributed by atoms with Crippen LogP contribution in [-0.4, -0.2) is 18.7 Å². The second kappa shape index (κ2) is 6.89. The maximum Gasteiger partial charge on any atom is 0.338 e. The highest BCUT2D eigenvalue weighted by atomic mass is 16.5. The van der Waals surface area contributed by atoms with Crippen molar-refractivity contribution in [3.63, 3.8) is 0 Å². The molecule has 0 spiro atoms. The molecule has 4 nitrogen and oxygen atoms in total. The molecule has 0 aliphatic rings. The Kier molecular flexibility index (Phi) is 5.49. The lowest BCUT2D eigenvalue weighted by molar-refractivity contribution is 0.0378. The van der Waals surface area contributed by atoms with E-state index in [2.05, 4.69) is 6.92 Å². The summed E-state index contributed by atoms with van der Waals surface area (Å²) in [6.45, 7) is 6.35. The van der Waals surface area contributed by atoms with Gasteiger partial charge in [0.1, 0.15) is 5.75 Å². The smallest absolute Gasteiger partial charge is 0.338 e. The van der Waals surface area contributed by atoms with Crippen LogP contribution in [0.3, 0.4) is 0 Å². The van der Waals surface area contributed by atoms with Gasteiger partial charge in [-0.05, 0) is 38.5 Å². The Morgan fingerprint density at radius 3 is 2.67 bits per heavy atom. The Bertz CT molecular complexity index is 402. The molecule has 0 aromatic heterocycles. The zero-order valence-corrected chi connectivity index (χ0v) is 11.2. The van der Waals surface area contributed by atoms with Gasteiger partial charge in [0.05, 0.1) is 24.0 Å². The Balaban J connectivity index is 2.69. The van der Waals surface area contributed by atoms with Gasteiger partial charge in [0.2, 0.25) is 0 Å². The van der Waals surface area contributed by atoms with E-state index in [4.69, 9.17) is 15.2 Å². The minimum atomic E-state index is -0.364. The molecule has 2 N–H and O–H groups in total. The first-order valence-electron chi connectivity index (χ1n) is 6.28. The summed E-state index contributed by atoms with van der Waals surface area (Å²) in [7, 11) is 0. The fourth-order valence-corrected chi connectivity index (χ4v) is 1.42. The van der Waals surface area contributed by atoms with Gasteiger partial charge in [-0.1, -0.05) is 13.3 Å². The third-order valence-corrected chi connectivity index (χ3v) is 2.34. The van der Waals surface area contributed by atoms with Crippen molar-refractivity contribution < 1.29 is 14.3 Å². The molecule has 0 saturated heterocycles. The van der Waals surface area contributed by atoms with Crippen molar-refractivity contribution in [1.82, 2.24) is 0 Å². The summed E-state index contributed by atoms with van der Waals surface area (Å²) in [5.74, 6) is 0.251. The van der Waals surface area contributed by atoms with E-state index in [9.17, 15) is 4.79 Å². The monoisotopic (exact) mass is 251 g/mol. The van der Waals surface area contributed by atoms with Gasteiger partial charge in [-0.2, -0.15) is 0 Å². The van der Waals surface area contributed by atoms with Crippen LogP contribution >= 0.6 is 0 Å². The van der Waals surface area contributed by atoms with Crippen LogP contribution in [0, 0.1) is 0 Å². The predicted octanol–water partition coefficient (Wildman–Crippen LogP) is 3.01. The lowest BCUT2D eigenvalue weighted by atomic mass is 10.2. The molecule has 18 heavy (non-hydrogen) atoms. The van der Waals surface area contributed by atoms with E-state index >= 15 is 0 Å². The fraction of sp³-hybridized carbons (Fsp3) is 0.500. The molecule has 1 aromatic rings. The number of esters is 1. The molecule has 0 amide bonds. The molecule has 0 atom stereocenters. The zero-order chi connectivity index (χ0) is 13.5. The quantitative estimate of drug-likeness (QED) is 0.479. The van der Waals surface area contributed by atoms with E-state index in [-0.39, 0.29) is 12.1 Å². The standard InChI is InChI=1S/C14H21NO3/c1-4-5-8-17-13-7-6-11(9-12(13)15)14(16)18-10(2)3/h6-7,9-10H,4-5,8,15H2,1-3H3. The van der Waals surface area contributed by atoms with E-state index in [1.807, 2.05) is 13.8 Å². The number of hydrogen-bond acceptors (Lipinski definition) is 4. The Hall–Kier alpha value is -1.71. The van der Waals surface area contributed by atoms with Crippen LogP contribution in [0.4, 0.5) is 5.69 Å². The third-order valence-electron chi connectivity index (χ3n) is 2.34. The van der Waals surface area contributed by atoms with Crippen molar-refractivity contribution >= 4 is 11.7 Å². The molecule has 1 rings (SSSR count). The highest BCUT2D eigenvalue weighted by Crippen LogP contribution is 2.23. The molecule has 0 fully saturated rings. The number of rotatable bonds is 6. The molecule has 0 saturated carbocycles. The van der Waals surface area contributed by atoms with Crippen LogP contribution in [0.5, 0.6) is 5.75 Å². The lowest BCUT2D eigenvalue weighted by Gasteiger charge is -2.11. The van der Waals surface area contributed by atoms with Gasteiger partial charge in [0, 0.05) is 0 Å². The maximum atomic E-state index is 11.7. The van der Waals surface area contributed by atoms with Crippen LogP contribution in [-0.2, 0) is 4.74 Å². The molecule has 0 aliphatic carbocycles. The number of hydrogen-bond donors (Lipinski definition) is 1. The summed E-state index contributed by atoms with van der Waals surface area (Å²) >= 11 is 0. The number of unbranched alkanes of at least 4 members (excludes halogenated alkanes) is 1. The van der Waals surface area contributed by atoms with Crippen molar-refractivity contribution in [1.29, 1.82) is 0 Å². The topological polar surface area (TPSA) is 61.5 Å². The van der Waals surface area contributed by atoms with Gasteiger partial charge in [0.25, 0.3) is 0 Å². The SMILES string of the molecule is CCCCOc1ccc(C(=O)OC(C)C)cc1N. The molecule has 0 heterocycles. The zero-order valence-electron chi connectivity index (χ0n) is 11.2. The van der Waals surface area contributed by atoms with Crippen LogP contribution in [0.25, 0.3) is 0 Å². The third kappa shape index (κ3) is 4.28. The van der Waals surface area contributed by atoms with E-state index in [0.29, 0.717) is 23.6 Å². The molecule has 0 aliphatic heterocycles. The molecule has 0 bridgehead atoms. The van der Waals surface area contributed by atoms with E-state index in [1.54, 1.807) is 18.2 Å². The average molecular weight is 251 g/mol. The molecule has 4 heteroatoms. The number of nitrogens with two attached hydrogens (primary N) is 1. The summed E-state index contributed by atoms with van der Waals surface area (Å²) in [6.07, 6.45) is 1.91. The fourth-order valence-electron chi connectivity index (χ4n) is 1.42. The van der Waals surface area contributed by atoms with Crippen molar-refractivity contribution in [2.75, 3.05) is 12.3 Å². The summed E-state index contributed by atoms with van der Waals surface area (Å²) in [4.78, 5) is 11.7. The van der Waals surface area contributed by atoms with Crippen molar-refractivity contribution in [2.45, 2.75) is 39.7 Å². The molecular formula is C14H21NO3. The first-order valence-corrected chi connectivity index (χ1v) is 6.28. The second-order valence-corrected chi connectivity index (χ2v) is 4.41. The second-order valence-electron chi connectivity index (χ2n) is 4.41. The number of benzene rings is 1. The first-order chi connectivity index (χ1) is 8.54. The Morgan fingerprint density at radius 2 is 2.11 bits per heavy atom. The van der Waals surface area contributed by atoms with Crippen LogP contribution in [0.2, 0.25) is 0 Å². The van der Waals surface area contributed by atoms with Crippen LogP contribution in [0.15, 0.2) is 18.2 Å². The normalized spacial score (nSPS) is 10.4. The summed E-state index contributed by atoms with van der Waals surface area (Å²) in [5.41, 5.74) is 6.75. The highest BCUT2D eigenvalue weighted by molar-refractivity contribution is 5.91. The molecule has 1 aromatic carbocycles. The van der Waals surface area contributed by atoms with Crippen molar-refractivity contribution in [3.8, 4) is 5.75 Å². The van der Waals surface area contributed by atoms with Crippen molar-refractivity contribution in [3.05, 3.63) is 23.8 Å². The van der Waals surface area contributed by atoms with E-state index in [0.717, 1.165) is 12.8 Å². The van der Waals surface area contributed by atoms with Crippen LogP contribution in [0.1, 0.15) is 44.0 Å². The Labute approximate surface area is 108 Å². The van der Waals surface area contributed by atoms with Crippen LogP contribution < -0.4 is 10.5 Å². The highest BCUT2D eigenvalue weighted by Gasteiger charge is 2.11. The van der Waals surface area contributed by atoms with Gasteiger partial charge in [-0.25, -0.2) is 4.79 Å². The first kappa shape index (κ1) is 14.4. The number of nitrogen functional groups attached to an aromatic ring is 1. The van der Waals surface area contributed by atoms with Gasteiger partial charge in [0.15, 0.2) is 0 Å². The number of anilines is 1. The lowest BCUT2D eigenvalue weighted by Crippen LogP contribution is -2.12. The minimum absolute atomic E-state index is 0.140. The average Bonchev–Trinajstić information content (AvgIpc) is 2.30. The summed E-state index contributed by atoms with van der Waals surface area (Å²) in [5, 5.41) is 0. The molecular weight excluding hydrogens is 230 g/mol. The largest absolute Gasteiger partial charge is 0.491 e. The number of ether oxygens (including phenoxy) is 2. The predicted molar refractivity (Wildman–Crippen MR) is 71.8 cm³/mol.